The first-order valence-corrected chi connectivity index (χ1v) is 6.39. The first-order chi connectivity index (χ1) is 7.92. The second kappa shape index (κ2) is 5.52. The van der Waals surface area contributed by atoms with Crippen molar-refractivity contribution in [2.75, 3.05) is 6.26 Å². The van der Waals surface area contributed by atoms with Crippen molar-refractivity contribution in [2.24, 2.45) is 0 Å². The minimum atomic E-state index is 1.20. The maximum atomic E-state index is 4.05. The molecule has 16 heavy (non-hydrogen) atoms. The molecule has 0 fully saturated rings. The van der Waals surface area contributed by atoms with Crippen molar-refractivity contribution in [3.63, 3.8) is 0 Å². The number of rotatable bonds is 3. The van der Waals surface area contributed by atoms with Crippen LogP contribution in [-0.2, 0) is 0 Å². The number of hydrogen-bond donors (Lipinski definition) is 0. The second-order valence-corrected chi connectivity index (χ2v) is 4.08. The summed E-state index contributed by atoms with van der Waals surface area (Å²) in [7, 11) is 0. The molecule has 0 unspecified atom stereocenters. The Morgan fingerprint density at radius 2 is 1.62 bits per heavy atom. The fourth-order valence-corrected chi connectivity index (χ4v) is 2.08. The molecule has 0 aliphatic heterocycles. The molecule has 1 aromatic carbocycles. The van der Waals surface area contributed by atoms with Gasteiger partial charge in [0.05, 0.1) is 0 Å². The van der Waals surface area contributed by atoms with Crippen LogP contribution in [0.2, 0.25) is 0 Å². The van der Waals surface area contributed by atoms with Gasteiger partial charge in [0.1, 0.15) is 0 Å². The Morgan fingerprint density at radius 1 is 1.00 bits per heavy atom. The molecule has 2 rings (SSSR count). The summed E-state index contributed by atoms with van der Waals surface area (Å²) in [6.07, 6.45) is 5.73. The highest BCUT2D eigenvalue weighted by Crippen LogP contribution is 2.24. The van der Waals surface area contributed by atoms with Crippen LogP contribution >= 0.6 is 11.8 Å². The summed E-state index contributed by atoms with van der Waals surface area (Å²) in [5.41, 5.74) is 3.69. The summed E-state index contributed by atoms with van der Waals surface area (Å²) >= 11 is 1.72. The van der Waals surface area contributed by atoms with E-state index in [1.165, 1.54) is 16.7 Å². The van der Waals surface area contributed by atoms with E-state index in [4.69, 9.17) is 0 Å². The Morgan fingerprint density at radius 3 is 2.25 bits per heavy atom. The Balaban J connectivity index is 2.44. The summed E-state index contributed by atoms with van der Waals surface area (Å²) < 4.78 is 0. The van der Waals surface area contributed by atoms with Gasteiger partial charge in [-0.1, -0.05) is 30.3 Å². The van der Waals surface area contributed by atoms with Gasteiger partial charge in [0.25, 0.3) is 0 Å². The third-order valence-corrected chi connectivity index (χ3v) is 2.78. The first-order valence-electron chi connectivity index (χ1n) is 5.10. The first kappa shape index (κ1) is 11.0. The quantitative estimate of drug-likeness (QED) is 0.790. The van der Waals surface area contributed by atoms with Crippen molar-refractivity contribution in [1.29, 1.82) is 0 Å². The number of pyridine rings is 1. The van der Waals surface area contributed by atoms with Crippen LogP contribution < -0.4 is 0 Å². The third-order valence-electron chi connectivity index (χ3n) is 2.31. The zero-order valence-corrected chi connectivity index (χ0v) is 9.95. The topological polar surface area (TPSA) is 12.9 Å². The van der Waals surface area contributed by atoms with Crippen LogP contribution in [0.3, 0.4) is 0 Å². The van der Waals surface area contributed by atoms with Gasteiger partial charge >= 0.3 is 0 Å². The molecule has 1 aromatic heterocycles. The molecule has 2 aromatic rings. The molecule has 0 atom stereocenters. The van der Waals surface area contributed by atoms with E-state index in [1.54, 1.807) is 11.8 Å². The molecule has 0 amide bonds. The van der Waals surface area contributed by atoms with E-state index in [0.29, 0.717) is 0 Å². The summed E-state index contributed by atoms with van der Waals surface area (Å²) in [5, 5.41) is 2.17. The van der Waals surface area contributed by atoms with Gasteiger partial charge in [0.15, 0.2) is 0 Å². The average molecular weight is 227 g/mol. The van der Waals surface area contributed by atoms with Crippen LogP contribution in [-0.4, -0.2) is 11.2 Å². The van der Waals surface area contributed by atoms with E-state index >= 15 is 0 Å². The molecule has 0 aliphatic rings. The molecule has 0 saturated carbocycles. The minimum Gasteiger partial charge on any atom is -0.265 e. The third kappa shape index (κ3) is 2.52. The SMILES string of the molecule is CS/C=C(\c1ccccc1)c1ccncc1. The lowest BCUT2D eigenvalue weighted by Crippen LogP contribution is -1.87. The predicted molar refractivity (Wildman–Crippen MR) is 71.3 cm³/mol. The molecule has 80 valence electrons. The lowest BCUT2D eigenvalue weighted by molar-refractivity contribution is 1.32. The van der Waals surface area contributed by atoms with Gasteiger partial charge in [0, 0.05) is 12.4 Å². The predicted octanol–water partition coefficient (Wildman–Crippen LogP) is 3.83. The Hall–Kier alpha value is -1.54. The molecule has 0 saturated heterocycles. The van der Waals surface area contributed by atoms with E-state index in [-0.39, 0.29) is 0 Å². The molecule has 0 aliphatic carbocycles. The highest BCUT2D eigenvalue weighted by atomic mass is 32.2. The highest BCUT2D eigenvalue weighted by molar-refractivity contribution is 8.01. The van der Waals surface area contributed by atoms with Crippen molar-refractivity contribution >= 4 is 17.3 Å². The lowest BCUT2D eigenvalue weighted by Gasteiger charge is -2.07. The van der Waals surface area contributed by atoms with Gasteiger partial charge in [-0.3, -0.25) is 4.98 Å². The number of nitrogens with zero attached hydrogens (tertiary/aromatic N) is 1. The number of aromatic nitrogens is 1. The number of thioether (sulfide) groups is 1. The molecule has 0 radical (unpaired) electrons. The molecule has 0 N–H and O–H groups in total. The van der Waals surface area contributed by atoms with Gasteiger partial charge < -0.3 is 0 Å². The van der Waals surface area contributed by atoms with Crippen molar-refractivity contribution in [3.8, 4) is 0 Å². The van der Waals surface area contributed by atoms with Crippen LogP contribution in [0.4, 0.5) is 0 Å². The van der Waals surface area contributed by atoms with E-state index < -0.39 is 0 Å². The van der Waals surface area contributed by atoms with Crippen molar-refractivity contribution in [2.45, 2.75) is 0 Å². The molecular formula is C14H13NS. The van der Waals surface area contributed by atoms with Gasteiger partial charge in [-0.05, 0) is 40.5 Å². The van der Waals surface area contributed by atoms with Crippen LogP contribution in [0, 0.1) is 0 Å². The average Bonchev–Trinajstić information content (AvgIpc) is 2.38. The Bertz CT molecular complexity index is 421. The largest absolute Gasteiger partial charge is 0.265 e. The van der Waals surface area contributed by atoms with Crippen molar-refractivity contribution < 1.29 is 0 Å². The smallest absolute Gasteiger partial charge is 0.0273 e. The Labute approximate surface area is 100 Å². The van der Waals surface area contributed by atoms with Crippen LogP contribution in [0.25, 0.3) is 5.57 Å². The standard InChI is InChI=1S/C14H13NS/c1-16-11-14(12-5-3-2-4-6-12)13-7-9-15-10-8-13/h2-11H,1H3/b14-11+. The Kier molecular flexibility index (Phi) is 3.78. The normalized spacial score (nSPS) is 11.4. The molecule has 1 heterocycles. The van der Waals surface area contributed by atoms with Gasteiger partial charge in [-0.2, -0.15) is 0 Å². The summed E-state index contributed by atoms with van der Waals surface area (Å²) in [6, 6.07) is 14.5. The van der Waals surface area contributed by atoms with Gasteiger partial charge in [0.2, 0.25) is 0 Å². The van der Waals surface area contributed by atoms with E-state index in [0.717, 1.165) is 0 Å². The highest BCUT2D eigenvalue weighted by Gasteiger charge is 2.03. The van der Waals surface area contributed by atoms with E-state index in [2.05, 4.69) is 40.9 Å². The summed E-state index contributed by atoms with van der Waals surface area (Å²) in [6.45, 7) is 0. The van der Waals surface area contributed by atoms with Crippen LogP contribution in [0.15, 0.2) is 60.3 Å². The number of benzene rings is 1. The summed E-state index contributed by atoms with van der Waals surface area (Å²) in [5.74, 6) is 0. The number of hydrogen-bond acceptors (Lipinski definition) is 2. The summed E-state index contributed by atoms with van der Waals surface area (Å²) in [4.78, 5) is 4.05. The molecule has 2 heteroatoms. The molecular weight excluding hydrogens is 214 g/mol. The fraction of sp³-hybridized carbons (Fsp3) is 0.0714. The maximum absolute atomic E-state index is 4.05. The van der Waals surface area contributed by atoms with Gasteiger partial charge in [-0.25, -0.2) is 0 Å². The maximum Gasteiger partial charge on any atom is 0.0273 e. The van der Waals surface area contributed by atoms with Gasteiger partial charge in [-0.15, -0.1) is 11.8 Å². The molecule has 1 nitrogen and oxygen atoms in total. The van der Waals surface area contributed by atoms with Crippen molar-refractivity contribution in [1.82, 2.24) is 4.98 Å². The van der Waals surface area contributed by atoms with Crippen LogP contribution in [0.5, 0.6) is 0 Å². The molecule has 0 spiro atoms. The fourth-order valence-electron chi connectivity index (χ4n) is 1.57. The zero-order valence-electron chi connectivity index (χ0n) is 9.13. The molecule has 0 bridgehead atoms. The lowest BCUT2D eigenvalue weighted by atomic mass is 10.0. The van der Waals surface area contributed by atoms with E-state index in [1.807, 2.05) is 30.6 Å². The zero-order chi connectivity index (χ0) is 11.2. The van der Waals surface area contributed by atoms with Crippen LogP contribution in [0.1, 0.15) is 11.1 Å². The minimum absolute atomic E-state index is 1.20. The van der Waals surface area contributed by atoms with Crippen molar-refractivity contribution in [3.05, 3.63) is 71.4 Å². The monoisotopic (exact) mass is 227 g/mol. The van der Waals surface area contributed by atoms with E-state index in [9.17, 15) is 0 Å². The second-order valence-electron chi connectivity index (χ2n) is 3.37.